The van der Waals surface area contributed by atoms with Crippen LogP contribution in [-0.2, 0) is 32.5 Å². The number of rotatable bonds is 30. The van der Waals surface area contributed by atoms with Crippen molar-refractivity contribution in [3.63, 3.8) is 0 Å². The smallest absolute Gasteiger partial charge is 0.479 e. The average Bonchev–Trinajstić information content (AvgIpc) is 3.08. The standard InChI is InChI=1S/C34H63NO16Si/c1-4-5-6-7-8-9-10-11-12-13-14-15-16-17-18-20-35(2,3)21-19-22-52(50-29(33(45)46)24(37)23(36)25(38)31(41)42)49-28(27(40)32(43)44)26(39)30(51-52)34(47)48/h23-30,36-40H,4-22H2,1-3H3,(H3-,41,42,43,44,45,46,47,48)/p+1/t23?,24?,25?,26-,27?,28+,29?,30+,52?/m0/s1. The van der Waals surface area contributed by atoms with Gasteiger partial charge in [-0.2, -0.15) is 0 Å². The summed E-state index contributed by atoms with van der Waals surface area (Å²) in [4.78, 5) is 47.0. The Bertz CT molecular complexity index is 1080. The number of aliphatic hydroxyl groups is 5. The first kappa shape index (κ1) is 47.8. The van der Waals surface area contributed by atoms with Gasteiger partial charge in [0.15, 0.2) is 24.4 Å². The fourth-order valence-electron chi connectivity index (χ4n) is 6.28. The van der Waals surface area contributed by atoms with E-state index >= 15 is 0 Å². The lowest BCUT2D eigenvalue weighted by Crippen LogP contribution is -2.68. The number of nitrogens with zero attached hydrogens (tertiary/aromatic N) is 1. The maximum absolute atomic E-state index is 12.2. The molecule has 0 aliphatic carbocycles. The predicted molar refractivity (Wildman–Crippen MR) is 187 cm³/mol. The summed E-state index contributed by atoms with van der Waals surface area (Å²) in [7, 11) is -0.968. The van der Waals surface area contributed by atoms with Crippen LogP contribution in [0.4, 0.5) is 0 Å². The Labute approximate surface area is 307 Å². The van der Waals surface area contributed by atoms with Crippen molar-refractivity contribution in [3.05, 3.63) is 0 Å². The van der Waals surface area contributed by atoms with Gasteiger partial charge in [0.25, 0.3) is 0 Å². The molecule has 52 heavy (non-hydrogen) atoms. The van der Waals surface area contributed by atoms with Crippen LogP contribution < -0.4 is 0 Å². The molecule has 1 fully saturated rings. The van der Waals surface area contributed by atoms with Crippen LogP contribution in [0.25, 0.3) is 0 Å². The molecule has 304 valence electrons. The molecule has 1 heterocycles. The second-order valence-electron chi connectivity index (χ2n) is 14.5. The largest absolute Gasteiger partial charge is 0.503 e. The van der Waals surface area contributed by atoms with E-state index in [0.717, 1.165) is 32.2 Å². The highest BCUT2D eigenvalue weighted by molar-refractivity contribution is 6.61. The van der Waals surface area contributed by atoms with Crippen LogP contribution in [-0.4, -0.2) is 159 Å². The zero-order valence-electron chi connectivity index (χ0n) is 30.9. The molecule has 9 N–H and O–H groups in total. The molecule has 0 bridgehead atoms. The zero-order valence-corrected chi connectivity index (χ0v) is 31.9. The van der Waals surface area contributed by atoms with Crippen LogP contribution in [0.2, 0.25) is 6.04 Å². The summed E-state index contributed by atoms with van der Waals surface area (Å²) in [6.45, 7) is 3.36. The lowest BCUT2D eigenvalue weighted by atomic mass is 10.0. The molecule has 6 unspecified atom stereocenters. The van der Waals surface area contributed by atoms with Crippen LogP contribution >= 0.6 is 0 Å². The highest BCUT2D eigenvalue weighted by Gasteiger charge is 2.60. The van der Waals surface area contributed by atoms with Crippen molar-refractivity contribution in [1.82, 2.24) is 0 Å². The zero-order chi connectivity index (χ0) is 39.5. The van der Waals surface area contributed by atoms with Crippen LogP contribution in [0, 0.1) is 0 Å². The number of aliphatic carboxylic acids is 4. The van der Waals surface area contributed by atoms with Gasteiger partial charge in [0.1, 0.15) is 24.4 Å². The maximum Gasteiger partial charge on any atom is 0.503 e. The number of carboxylic acid groups (broad SMARTS) is 4. The van der Waals surface area contributed by atoms with Crippen molar-refractivity contribution in [2.75, 3.05) is 27.2 Å². The van der Waals surface area contributed by atoms with Crippen LogP contribution in [0.1, 0.15) is 110 Å². The second-order valence-corrected chi connectivity index (χ2v) is 17.1. The molecule has 0 spiro atoms. The van der Waals surface area contributed by atoms with Gasteiger partial charge in [-0.1, -0.05) is 90.4 Å². The number of quaternary nitrogens is 1. The van der Waals surface area contributed by atoms with Gasteiger partial charge < -0.3 is 63.7 Å². The SMILES string of the molecule is CCCCCCCCCCCCCCCCC[N+](C)(C)CCC[Si]1(OC(C(=O)O)C(O)C(O)C(O)C(=O)O)O[C@@H](C(=O)O)[C@@H](O)[C@H](C(O)C(=O)O)O1. The molecule has 0 saturated carbocycles. The first-order chi connectivity index (χ1) is 24.4. The topological polar surface area (TPSA) is 278 Å². The van der Waals surface area contributed by atoms with Crippen molar-refractivity contribution in [2.24, 2.45) is 0 Å². The number of unbranched alkanes of at least 4 members (excludes halogenated alkanes) is 14. The fraction of sp³-hybridized carbons (Fsp3) is 0.882. The summed E-state index contributed by atoms with van der Waals surface area (Å²) in [5.74, 6) is -7.73. The van der Waals surface area contributed by atoms with Crippen LogP contribution in [0.5, 0.6) is 0 Å². The summed E-state index contributed by atoms with van der Waals surface area (Å²) < 4.78 is 17.2. The first-order valence-electron chi connectivity index (χ1n) is 18.6. The van der Waals surface area contributed by atoms with Crippen molar-refractivity contribution in [3.8, 4) is 0 Å². The Kier molecular flexibility index (Phi) is 22.2. The van der Waals surface area contributed by atoms with E-state index in [9.17, 15) is 60.0 Å². The Balaban J connectivity index is 2.87. The quantitative estimate of drug-likeness (QED) is 0.0285. The third kappa shape index (κ3) is 16.8. The van der Waals surface area contributed by atoms with E-state index in [2.05, 4.69) is 6.92 Å². The van der Waals surface area contributed by atoms with E-state index in [1.807, 2.05) is 14.1 Å². The Hall–Kier alpha value is -2.26. The summed E-state index contributed by atoms with van der Waals surface area (Å²) in [5.41, 5.74) is 0. The number of hydrogen-bond donors (Lipinski definition) is 9. The predicted octanol–water partition coefficient (Wildman–Crippen LogP) is 1.58. The van der Waals surface area contributed by atoms with E-state index in [-0.39, 0.29) is 12.5 Å². The summed E-state index contributed by atoms with van der Waals surface area (Å²) >= 11 is 0. The Morgan fingerprint density at radius 2 is 1.12 bits per heavy atom. The molecule has 18 heteroatoms. The summed E-state index contributed by atoms with van der Waals surface area (Å²) in [5, 5.41) is 89.2. The summed E-state index contributed by atoms with van der Waals surface area (Å²) in [6.07, 6.45) is -1.16. The van der Waals surface area contributed by atoms with E-state index in [4.69, 9.17) is 18.4 Å². The number of carbonyl (C=O) groups is 4. The minimum absolute atomic E-state index is 0.110. The number of carboxylic acids is 4. The number of aliphatic hydroxyl groups excluding tert-OH is 5. The van der Waals surface area contributed by atoms with Gasteiger partial charge in [0.05, 0.1) is 27.2 Å². The van der Waals surface area contributed by atoms with E-state index in [1.54, 1.807) is 0 Å². The minimum atomic E-state index is -4.85. The Morgan fingerprint density at radius 3 is 1.54 bits per heavy atom. The van der Waals surface area contributed by atoms with Gasteiger partial charge >= 0.3 is 32.7 Å². The molecule has 0 aromatic carbocycles. The first-order valence-corrected chi connectivity index (χ1v) is 20.5. The lowest BCUT2D eigenvalue weighted by molar-refractivity contribution is -0.890. The molecule has 0 aromatic heterocycles. The average molecular weight is 771 g/mol. The van der Waals surface area contributed by atoms with E-state index in [0.29, 0.717) is 11.0 Å². The molecule has 1 aliphatic heterocycles. The molecule has 0 aromatic rings. The van der Waals surface area contributed by atoms with Crippen molar-refractivity contribution >= 4 is 32.7 Å². The summed E-state index contributed by atoms with van der Waals surface area (Å²) in [6, 6.07) is -0.388. The molecule has 9 atom stereocenters. The second kappa shape index (κ2) is 24.2. The van der Waals surface area contributed by atoms with Gasteiger partial charge in [-0.25, -0.2) is 19.2 Å². The normalized spacial score (nSPS) is 23.7. The molecule has 0 amide bonds. The highest BCUT2D eigenvalue weighted by atomic mass is 28.4. The van der Waals surface area contributed by atoms with Crippen LogP contribution in [0.3, 0.4) is 0 Å². The van der Waals surface area contributed by atoms with Gasteiger partial charge in [-0.05, 0) is 12.8 Å². The number of hydrogen-bond acceptors (Lipinski definition) is 12. The monoisotopic (exact) mass is 770 g/mol. The van der Waals surface area contributed by atoms with Crippen LogP contribution in [0.15, 0.2) is 0 Å². The maximum atomic E-state index is 12.2. The van der Waals surface area contributed by atoms with Gasteiger partial charge in [-0.3, -0.25) is 0 Å². The van der Waals surface area contributed by atoms with Gasteiger partial charge in [0.2, 0.25) is 0 Å². The lowest BCUT2D eigenvalue weighted by Gasteiger charge is -2.45. The van der Waals surface area contributed by atoms with Gasteiger partial charge in [-0.15, -0.1) is 0 Å². The molecule has 1 aliphatic rings. The Morgan fingerprint density at radius 1 is 0.654 bits per heavy atom. The third-order valence-electron chi connectivity index (χ3n) is 9.48. The van der Waals surface area contributed by atoms with Gasteiger partial charge in [0, 0.05) is 12.5 Å². The minimum Gasteiger partial charge on any atom is -0.479 e. The molecule has 17 nitrogen and oxygen atoms in total. The van der Waals surface area contributed by atoms with Crippen molar-refractivity contribution in [2.45, 2.75) is 165 Å². The molecule has 0 radical (unpaired) electrons. The molecule has 1 rings (SSSR count). The molecule has 1 saturated heterocycles. The van der Waals surface area contributed by atoms with Crippen molar-refractivity contribution < 1.29 is 82.9 Å². The highest BCUT2D eigenvalue weighted by Crippen LogP contribution is 2.34. The van der Waals surface area contributed by atoms with E-state index in [1.165, 1.54) is 70.6 Å². The fourth-order valence-corrected chi connectivity index (χ4v) is 9.33. The van der Waals surface area contributed by atoms with E-state index < -0.39 is 81.5 Å². The van der Waals surface area contributed by atoms with Crippen molar-refractivity contribution in [1.29, 1.82) is 0 Å². The molecular formula is C34H64NO16Si+. The third-order valence-corrected chi connectivity index (χ3v) is 12.3. The molecular weight excluding hydrogens is 706 g/mol.